The Morgan fingerprint density at radius 2 is 1.10 bits per heavy atom. The lowest BCUT2D eigenvalue weighted by atomic mass is 10.1. The Hall–Kier alpha value is -2.62. The molecule has 0 spiro atoms. The van der Waals surface area contributed by atoms with Crippen LogP contribution in [0.2, 0.25) is 0 Å². The molecule has 96 valence electrons. The molecule has 0 aliphatic rings. The van der Waals surface area contributed by atoms with Crippen LogP contribution in [-0.4, -0.2) is 19.9 Å². The maximum atomic E-state index is 4.69. The molecule has 0 bridgehead atoms. The average Bonchev–Trinajstić information content (AvgIpc) is 2.49. The van der Waals surface area contributed by atoms with Crippen LogP contribution in [0.5, 0.6) is 0 Å². The number of fused-ring (bicyclic) bond motifs is 6. The molecule has 0 aliphatic heterocycles. The van der Waals surface area contributed by atoms with Gasteiger partial charge in [0.2, 0.25) is 0 Å². The van der Waals surface area contributed by atoms with Crippen molar-refractivity contribution in [3.8, 4) is 0 Å². The Labute approximate surface area is 115 Å². The van der Waals surface area contributed by atoms with Crippen molar-refractivity contribution < 1.29 is 0 Å². The molecule has 4 rings (SSSR count). The molecule has 0 saturated carbocycles. The molecule has 3 heterocycles. The second kappa shape index (κ2) is 3.93. The smallest absolute Gasteiger partial charge is 0.117 e. The summed E-state index contributed by atoms with van der Waals surface area (Å²) in [6.45, 7) is 3.94. The van der Waals surface area contributed by atoms with Crippen molar-refractivity contribution >= 4 is 32.8 Å². The molecule has 0 fully saturated rings. The van der Waals surface area contributed by atoms with E-state index in [4.69, 9.17) is 0 Å². The Bertz CT molecular complexity index is 896. The minimum absolute atomic E-state index is 0.829. The monoisotopic (exact) mass is 260 g/mol. The van der Waals surface area contributed by atoms with Gasteiger partial charge in [0.25, 0.3) is 0 Å². The van der Waals surface area contributed by atoms with Gasteiger partial charge in [-0.15, -0.1) is 0 Å². The standard InChI is InChI=1S/C16H12N4/c1-9-10(2)20-16-14-12(6-4-8-18-14)11-5-3-7-17-13(11)15(16)19-9/h3-8H,1-2H3. The van der Waals surface area contributed by atoms with Gasteiger partial charge in [-0.25, -0.2) is 9.97 Å². The minimum atomic E-state index is 0.829. The zero-order chi connectivity index (χ0) is 13.7. The first-order chi connectivity index (χ1) is 9.75. The number of aromatic nitrogens is 4. The third-order valence-electron chi connectivity index (χ3n) is 3.66. The van der Waals surface area contributed by atoms with E-state index in [-0.39, 0.29) is 0 Å². The fraction of sp³-hybridized carbons (Fsp3) is 0.125. The van der Waals surface area contributed by atoms with E-state index in [0.29, 0.717) is 0 Å². The molecule has 0 N–H and O–H groups in total. The molecule has 0 unspecified atom stereocenters. The van der Waals surface area contributed by atoms with E-state index < -0.39 is 0 Å². The zero-order valence-corrected chi connectivity index (χ0v) is 11.3. The quantitative estimate of drug-likeness (QED) is 0.455. The molecule has 0 saturated heterocycles. The molecule has 20 heavy (non-hydrogen) atoms. The van der Waals surface area contributed by atoms with Crippen molar-refractivity contribution in [3.63, 3.8) is 0 Å². The van der Waals surface area contributed by atoms with Crippen LogP contribution >= 0.6 is 0 Å². The van der Waals surface area contributed by atoms with Crippen LogP contribution in [-0.2, 0) is 0 Å². The van der Waals surface area contributed by atoms with Crippen LogP contribution in [0, 0.1) is 13.8 Å². The van der Waals surface area contributed by atoms with E-state index in [1.54, 1.807) is 12.4 Å². The van der Waals surface area contributed by atoms with Crippen LogP contribution in [0.3, 0.4) is 0 Å². The molecule has 0 aliphatic carbocycles. The first-order valence-corrected chi connectivity index (χ1v) is 6.52. The highest BCUT2D eigenvalue weighted by Crippen LogP contribution is 2.30. The summed E-state index contributed by atoms with van der Waals surface area (Å²) in [7, 11) is 0. The van der Waals surface area contributed by atoms with Crippen LogP contribution in [0.25, 0.3) is 32.8 Å². The van der Waals surface area contributed by atoms with Gasteiger partial charge in [0.05, 0.1) is 22.4 Å². The van der Waals surface area contributed by atoms with Gasteiger partial charge in [-0.2, -0.15) is 0 Å². The topological polar surface area (TPSA) is 51.6 Å². The van der Waals surface area contributed by atoms with Crippen LogP contribution < -0.4 is 0 Å². The van der Waals surface area contributed by atoms with Crippen LogP contribution in [0.4, 0.5) is 0 Å². The highest BCUT2D eigenvalue weighted by molar-refractivity contribution is 6.20. The largest absolute Gasteiger partial charge is 0.254 e. The molecule has 0 amide bonds. The first kappa shape index (κ1) is 11.2. The number of pyridine rings is 2. The normalized spacial score (nSPS) is 11.5. The minimum Gasteiger partial charge on any atom is -0.254 e. The first-order valence-electron chi connectivity index (χ1n) is 6.52. The van der Waals surface area contributed by atoms with Gasteiger partial charge in [0.1, 0.15) is 11.0 Å². The summed E-state index contributed by atoms with van der Waals surface area (Å²) < 4.78 is 0. The predicted molar refractivity (Wildman–Crippen MR) is 79.6 cm³/mol. The Morgan fingerprint density at radius 3 is 1.55 bits per heavy atom. The van der Waals surface area contributed by atoms with Gasteiger partial charge >= 0.3 is 0 Å². The van der Waals surface area contributed by atoms with E-state index in [1.807, 2.05) is 26.0 Å². The molecular weight excluding hydrogens is 248 g/mol. The molecule has 0 radical (unpaired) electrons. The number of nitrogens with zero attached hydrogens (tertiary/aromatic N) is 4. The van der Waals surface area contributed by atoms with Crippen molar-refractivity contribution in [1.82, 2.24) is 19.9 Å². The molecule has 0 atom stereocenters. The van der Waals surface area contributed by atoms with E-state index in [2.05, 4.69) is 32.1 Å². The van der Waals surface area contributed by atoms with E-state index in [9.17, 15) is 0 Å². The summed E-state index contributed by atoms with van der Waals surface area (Å²) in [6, 6.07) is 8.00. The highest BCUT2D eigenvalue weighted by Gasteiger charge is 2.13. The van der Waals surface area contributed by atoms with E-state index >= 15 is 0 Å². The van der Waals surface area contributed by atoms with Gasteiger partial charge in [-0.1, -0.05) is 12.1 Å². The van der Waals surface area contributed by atoms with Gasteiger partial charge in [0.15, 0.2) is 0 Å². The summed E-state index contributed by atoms with van der Waals surface area (Å²) in [5.41, 5.74) is 5.29. The SMILES string of the molecule is Cc1nc2c3ncccc3c3cccnc3c2nc1C. The second-order valence-electron chi connectivity index (χ2n) is 4.89. The molecule has 1 aromatic carbocycles. The van der Waals surface area contributed by atoms with Crippen molar-refractivity contribution in [2.24, 2.45) is 0 Å². The number of aryl methyl sites for hydroxylation is 2. The molecular formula is C16H12N4. The third kappa shape index (κ3) is 1.42. The van der Waals surface area contributed by atoms with Gasteiger partial charge < -0.3 is 0 Å². The lowest BCUT2D eigenvalue weighted by Crippen LogP contribution is -1.97. The number of hydrogen-bond acceptors (Lipinski definition) is 4. The molecule has 4 nitrogen and oxygen atoms in total. The van der Waals surface area contributed by atoms with E-state index in [1.165, 1.54) is 0 Å². The number of hydrogen-bond donors (Lipinski definition) is 0. The second-order valence-corrected chi connectivity index (χ2v) is 4.89. The van der Waals surface area contributed by atoms with Crippen molar-refractivity contribution in [1.29, 1.82) is 0 Å². The lowest BCUT2D eigenvalue weighted by Gasteiger charge is -2.09. The fourth-order valence-electron chi connectivity index (χ4n) is 2.56. The maximum absolute atomic E-state index is 4.69. The summed E-state index contributed by atoms with van der Waals surface area (Å²) in [5.74, 6) is 0. The number of rotatable bonds is 0. The Kier molecular flexibility index (Phi) is 2.21. The van der Waals surface area contributed by atoms with E-state index in [0.717, 1.165) is 44.2 Å². The zero-order valence-electron chi connectivity index (χ0n) is 11.3. The van der Waals surface area contributed by atoms with Gasteiger partial charge in [-0.05, 0) is 26.0 Å². The Morgan fingerprint density at radius 1 is 0.650 bits per heavy atom. The average molecular weight is 260 g/mol. The summed E-state index contributed by atoms with van der Waals surface area (Å²) in [4.78, 5) is 18.4. The Balaban J connectivity index is 2.42. The van der Waals surface area contributed by atoms with Crippen molar-refractivity contribution in [2.45, 2.75) is 13.8 Å². The maximum Gasteiger partial charge on any atom is 0.117 e. The molecule has 3 aromatic heterocycles. The third-order valence-corrected chi connectivity index (χ3v) is 3.66. The summed E-state index contributed by atoms with van der Waals surface area (Å²) in [5, 5.41) is 2.14. The van der Waals surface area contributed by atoms with Crippen molar-refractivity contribution in [3.05, 3.63) is 48.0 Å². The highest BCUT2D eigenvalue weighted by atomic mass is 14.9. The summed E-state index contributed by atoms with van der Waals surface area (Å²) in [6.07, 6.45) is 3.59. The van der Waals surface area contributed by atoms with Crippen LogP contribution in [0.1, 0.15) is 11.4 Å². The van der Waals surface area contributed by atoms with Crippen molar-refractivity contribution in [2.75, 3.05) is 0 Å². The molecule has 4 heteroatoms. The number of benzene rings is 1. The summed E-state index contributed by atoms with van der Waals surface area (Å²) >= 11 is 0. The fourth-order valence-corrected chi connectivity index (χ4v) is 2.56. The van der Waals surface area contributed by atoms with Crippen LogP contribution in [0.15, 0.2) is 36.7 Å². The molecule has 4 aromatic rings. The van der Waals surface area contributed by atoms with Gasteiger partial charge in [0, 0.05) is 23.2 Å². The van der Waals surface area contributed by atoms with Gasteiger partial charge in [-0.3, -0.25) is 9.97 Å². The lowest BCUT2D eigenvalue weighted by molar-refractivity contribution is 1.10. The predicted octanol–water partition coefficient (Wildman–Crippen LogP) is 3.34.